The van der Waals surface area contributed by atoms with Gasteiger partial charge in [0, 0.05) is 27.2 Å². The second kappa shape index (κ2) is 6.21. The second-order valence-electron chi connectivity index (χ2n) is 3.88. The summed E-state index contributed by atoms with van der Waals surface area (Å²) in [6.45, 7) is -0.239. The van der Waals surface area contributed by atoms with Crippen LogP contribution in [0.3, 0.4) is 0 Å². The van der Waals surface area contributed by atoms with Gasteiger partial charge >= 0.3 is 5.69 Å². The molecule has 0 fully saturated rings. The van der Waals surface area contributed by atoms with E-state index in [4.69, 9.17) is 16.3 Å². The number of benzene rings is 2. The van der Waals surface area contributed by atoms with Crippen molar-refractivity contribution >= 4 is 33.2 Å². The lowest BCUT2D eigenvalue weighted by Crippen LogP contribution is -1.96. The first-order valence-corrected chi connectivity index (χ1v) is 6.69. The molecule has 1 N–H and O–H groups in total. The van der Waals surface area contributed by atoms with E-state index in [-0.39, 0.29) is 18.0 Å². The molecule has 2 rings (SSSR count). The molecular weight excluding hydrogens is 350 g/mol. The minimum Gasteiger partial charge on any atom is -0.450 e. The van der Waals surface area contributed by atoms with Crippen molar-refractivity contribution in [3.05, 3.63) is 61.6 Å². The predicted octanol–water partition coefficient (Wildman–Crippen LogP) is 4.30. The average molecular weight is 359 g/mol. The van der Waals surface area contributed by atoms with E-state index in [1.807, 2.05) is 0 Å². The molecule has 0 heterocycles. The molecule has 0 amide bonds. The molecule has 0 aliphatic heterocycles. The summed E-state index contributed by atoms with van der Waals surface area (Å²) in [4.78, 5) is 10.4. The molecule has 0 saturated heterocycles. The predicted molar refractivity (Wildman–Crippen MR) is 78.2 cm³/mol. The Kier molecular flexibility index (Phi) is 4.59. The molecule has 0 unspecified atom stereocenters. The molecule has 0 radical (unpaired) electrons. The lowest BCUT2D eigenvalue weighted by Gasteiger charge is -2.10. The van der Waals surface area contributed by atoms with E-state index in [0.29, 0.717) is 16.3 Å². The fourth-order valence-corrected chi connectivity index (χ4v) is 2.10. The quantitative estimate of drug-likeness (QED) is 0.653. The summed E-state index contributed by atoms with van der Waals surface area (Å²) in [5, 5.41) is 20.6. The van der Waals surface area contributed by atoms with Crippen LogP contribution in [0.5, 0.6) is 11.5 Å². The van der Waals surface area contributed by atoms with Gasteiger partial charge in [-0.1, -0.05) is 33.6 Å². The first-order valence-electron chi connectivity index (χ1n) is 5.52. The lowest BCUT2D eigenvalue weighted by atomic mass is 10.2. The first kappa shape index (κ1) is 14.8. The molecule has 0 aliphatic carbocycles. The highest BCUT2D eigenvalue weighted by Gasteiger charge is 2.17. The largest absolute Gasteiger partial charge is 0.450 e. The van der Waals surface area contributed by atoms with Gasteiger partial charge in [0.2, 0.25) is 5.75 Å². The summed E-state index contributed by atoms with van der Waals surface area (Å²) in [7, 11) is 0. The molecule has 0 spiro atoms. The van der Waals surface area contributed by atoms with E-state index >= 15 is 0 Å². The number of ether oxygens (including phenoxy) is 1. The molecule has 7 heteroatoms. The molecule has 0 aromatic heterocycles. The van der Waals surface area contributed by atoms with Crippen molar-refractivity contribution in [2.45, 2.75) is 6.61 Å². The van der Waals surface area contributed by atoms with E-state index in [0.717, 1.165) is 4.47 Å². The Balaban J connectivity index is 2.46. The first-order chi connectivity index (χ1) is 9.51. The van der Waals surface area contributed by atoms with Crippen LogP contribution in [0, 0.1) is 10.1 Å². The number of hydrogen-bond donors (Lipinski definition) is 1. The molecule has 0 aliphatic rings. The minimum absolute atomic E-state index is 0.0234. The summed E-state index contributed by atoms with van der Waals surface area (Å²) >= 11 is 9.11. The molecule has 2 aromatic carbocycles. The number of halogens is 2. The number of hydrogen-bond acceptors (Lipinski definition) is 4. The SMILES string of the molecule is O=[N+]([O-])c1ccc(Cl)cc1Oc1cc(Br)ccc1CO. The van der Waals surface area contributed by atoms with Gasteiger partial charge in [-0.05, 0) is 18.2 Å². The van der Waals surface area contributed by atoms with Gasteiger partial charge in [-0.25, -0.2) is 0 Å². The van der Waals surface area contributed by atoms with Crippen LogP contribution < -0.4 is 4.74 Å². The Morgan fingerprint density at radius 1 is 1.25 bits per heavy atom. The van der Waals surface area contributed by atoms with Gasteiger partial charge in [-0.3, -0.25) is 10.1 Å². The Hall–Kier alpha value is -1.63. The number of aliphatic hydroxyl groups is 1. The third-order valence-electron chi connectivity index (χ3n) is 2.54. The van der Waals surface area contributed by atoms with Gasteiger partial charge in [0.05, 0.1) is 11.5 Å². The fraction of sp³-hybridized carbons (Fsp3) is 0.0769. The number of nitrogens with zero attached hydrogens (tertiary/aromatic N) is 1. The van der Waals surface area contributed by atoms with E-state index in [1.165, 1.54) is 18.2 Å². The number of nitro groups is 1. The van der Waals surface area contributed by atoms with Crippen LogP contribution in [0.25, 0.3) is 0 Å². The maximum Gasteiger partial charge on any atom is 0.311 e. The topological polar surface area (TPSA) is 72.6 Å². The van der Waals surface area contributed by atoms with Crippen molar-refractivity contribution in [2.24, 2.45) is 0 Å². The van der Waals surface area contributed by atoms with Crippen LogP contribution in [0.4, 0.5) is 5.69 Å². The van der Waals surface area contributed by atoms with Gasteiger partial charge in [0.1, 0.15) is 5.75 Å². The molecule has 0 bridgehead atoms. The maximum absolute atomic E-state index is 11.0. The minimum atomic E-state index is -0.553. The highest BCUT2D eigenvalue weighted by atomic mass is 79.9. The highest BCUT2D eigenvalue weighted by molar-refractivity contribution is 9.10. The molecule has 104 valence electrons. The van der Waals surface area contributed by atoms with Gasteiger partial charge in [0.25, 0.3) is 0 Å². The third kappa shape index (κ3) is 3.27. The summed E-state index contributed by atoms with van der Waals surface area (Å²) in [6, 6.07) is 9.08. The lowest BCUT2D eigenvalue weighted by molar-refractivity contribution is -0.385. The fourth-order valence-electron chi connectivity index (χ4n) is 1.59. The second-order valence-corrected chi connectivity index (χ2v) is 5.23. The number of nitro benzene ring substituents is 1. The Bertz CT molecular complexity index is 663. The molecule has 0 atom stereocenters. The van der Waals surface area contributed by atoms with Crippen LogP contribution in [0.1, 0.15) is 5.56 Å². The monoisotopic (exact) mass is 357 g/mol. The zero-order valence-electron chi connectivity index (χ0n) is 10.0. The van der Waals surface area contributed by atoms with E-state index in [1.54, 1.807) is 18.2 Å². The van der Waals surface area contributed by atoms with Crippen molar-refractivity contribution < 1.29 is 14.8 Å². The summed E-state index contributed by atoms with van der Waals surface area (Å²) in [6.07, 6.45) is 0. The zero-order valence-corrected chi connectivity index (χ0v) is 12.4. The van der Waals surface area contributed by atoms with Crippen molar-refractivity contribution in [1.29, 1.82) is 0 Å². The van der Waals surface area contributed by atoms with Gasteiger partial charge < -0.3 is 9.84 Å². The Morgan fingerprint density at radius 2 is 2.00 bits per heavy atom. The zero-order chi connectivity index (χ0) is 14.7. The summed E-state index contributed by atoms with van der Waals surface area (Å²) in [5.74, 6) is 0.350. The van der Waals surface area contributed by atoms with Crippen LogP contribution in [0.2, 0.25) is 5.02 Å². The molecule has 5 nitrogen and oxygen atoms in total. The number of rotatable bonds is 4. The van der Waals surface area contributed by atoms with Gasteiger partial charge in [0.15, 0.2) is 0 Å². The van der Waals surface area contributed by atoms with E-state index < -0.39 is 4.92 Å². The van der Waals surface area contributed by atoms with Gasteiger partial charge in [-0.15, -0.1) is 0 Å². The highest BCUT2D eigenvalue weighted by Crippen LogP contribution is 2.36. The van der Waals surface area contributed by atoms with E-state index in [9.17, 15) is 15.2 Å². The van der Waals surface area contributed by atoms with Crippen LogP contribution >= 0.6 is 27.5 Å². The van der Waals surface area contributed by atoms with Crippen LogP contribution in [-0.4, -0.2) is 10.0 Å². The smallest absolute Gasteiger partial charge is 0.311 e. The third-order valence-corrected chi connectivity index (χ3v) is 3.27. The van der Waals surface area contributed by atoms with Gasteiger partial charge in [-0.2, -0.15) is 0 Å². The standard InChI is InChI=1S/C13H9BrClNO4/c14-9-2-1-8(7-17)12(5-9)20-13-6-10(15)3-4-11(13)16(18)19/h1-6,17H,7H2. The molecular formula is C13H9BrClNO4. The molecule has 20 heavy (non-hydrogen) atoms. The average Bonchev–Trinajstić information content (AvgIpc) is 2.38. The normalized spacial score (nSPS) is 10.3. The van der Waals surface area contributed by atoms with Crippen LogP contribution in [-0.2, 0) is 6.61 Å². The molecule has 2 aromatic rings. The maximum atomic E-state index is 11.0. The van der Waals surface area contributed by atoms with Crippen molar-refractivity contribution in [2.75, 3.05) is 0 Å². The Morgan fingerprint density at radius 3 is 2.65 bits per heavy atom. The van der Waals surface area contributed by atoms with E-state index in [2.05, 4.69) is 15.9 Å². The number of aliphatic hydroxyl groups excluding tert-OH is 1. The van der Waals surface area contributed by atoms with Crippen molar-refractivity contribution in [1.82, 2.24) is 0 Å². The van der Waals surface area contributed by atoms with Crippen molar-refractivity contribution in [3.63, 3.8) is 0 Å². The van der Waals surface area contributed by atoms with Crippen LogP contribution in [0.15, 0.2) is 40.9 Å². The summed E-state index contributed by atoms with van der Waals surface area (Å²) in [5.41, 5.74) is 0.320. The van der Waals surface area contributed by atoms with Crippen molar-refractivity contribution in [3.8, 4) is 11.5 Å². The Labute approximate surface area is 128 Å². The molecule has 0 saturated carbocycles. The summed E-state index contributed by atoms with van der Waals surface area (Å²) < 4.78 is 6.27.